The van der Waals surface area contributed by atoms with Crippen molar-refractivity contribution >= 4 is 11.8 Å². The van der Waals surface area contributed by atoms with Crippen molar-refractivity contribution in [1.82, 2.24) is 0 Å². The maximum absolute atomic E-state index is 12.4. The van der Waals surface area contributed by atoms with Gasteiger partial charge in [-0.3, -0.25) is 29.8 Å². The summed E-state index contributed by atoms with van der Waals surface area (Å²) in [5, 5.41) is 31.9. The molecule has 2 aliphatic rings. The van der Waals surface area contributed by atoms with Crippen molar-refractivity contribution in [2.75, 3.05) is 0 Å². The lowest BCUT2D eigenvalue weighted by Gasteiger charge is -2.34. The van der Waals surface area contributed by atoms with Crippen molar-refractivity contribution in [3.63, 3.8) is 0 Å². The van der Waals surface area contributed by atoms with Crippen LogP contribution >= 0.6 is 0 Å². The van der Waals surface area contributed by atoms with Crippen LogP contribution in [0.3, 0.4) is 0 Å². The second-order valence-corrected chi connectivity index (χ2v) is 9.48. The van der Waals surface area contributed by atoms with E-state index in [1.165, 1.54) is 13.8 Å². The topological polar surface area (TPSA) is 197 Å². The largest absolute Gasteiger partial charge is 0.367 e. The summed E-state index contributed by atoms with van der Waals surface area (Å²) in [7, 11) is 0. The molecule has 0 heterocycles. The predicted molar refractivity (Wildman–Crippen MR) is 115 cm³/mol. The summed E-state index contributed by atoms with van der Waals surface area (Å²) in [6, 6.07) is -2.91. The second kappa shape index (κ2) is 10.3. The van der Waals surface area contributed by atoms with Crippen LogP contribution in [0.25, 0.3) is 0 Å². The smallest absolute Gasteiger partial charge is 0.254 e. The van der Waals surface area contributed by atoms with Gasteiger partial charge in [0.15, 0.2) is 0 Å². The van der Waals surface area contributed by atoms with E-state index in [1.54, 1.807) is 0 Å². The molecule has 0 aliphatic heterocycles. The molecule has 12 heteroatoms. The van der Waals surface area contributed by atoms with E-state index < -0.39 is 56.7 Å². The molecule has 0 aromatic heterocycles. The molecule has 180 valence electrons. The van der Waals surface area contributed by atoms with Crippen LogP contribution in [-0.4, -0.2) is 44.8 Å². The molecule has 2 fully saturated rings. The van der Waals surface area contributed by atoms with Crippen molar-refractivity contribution in [1.29, 1.82) is 0 Å². The van der Waals surface area contributed by atoms with Gasteiger partial charge in [-0.1, -0.05) is 38.5 Å². The maximum atomic E-state index is 12.4. The second-order valence-electron chi connectivity index (χ2n) is 9.48. The van der Waals surface area contributed by atoms with E-state index >= 15 is 0 Å². The van der Waals surface area contributed by atoms with Gasteiger partial charge in [-0.15, -0.1) is 0 Å². The molecule has 0 aromatic rings. The summed E-state index contributed by atoms with van der Waals surface area (Å²) in [5.41, 5.74) is 6.96. The van der Waals surface area contributed by atoms with Gasteiger partial charge in [0, 0.05) is 21.7 Å². The number of nitro groups is 2. The summed E-state index contributed by atoms with van der Waals surface area (Å²) < 4.78 is 0. The van der Waals surface area contributed by atoms with Crippen molar-refractivity contribution in [3.05, 3.63) is 20.2 Å². The van der Waals surface area contributed by atoms with Gasteiger partial charge in [0.2, 0.25) is 11.1 Å². The van der Waals surface area contributed by atoms with Crippen LogP contribution in [0, 0.1) is 32.1 Å². The normalized spacial score (nSPS) is 24.2. The van der Waals surface area contributed by atoms with Crippen LogP contribution in [0.4, 0.5) is 0 Å². The molecule has 2 rings (SSSR count). The fourth-order valence-corrected chi connectivity index (χ4v) is 5.29. The number of hydrogen-bond acceptors (Lipinski definition) is 8. The highest BCUT2D eigenvalue weighted by atomic mass is 16.6. The number of rotatable bonds is 10. The average Bonchev–Trinajstić information content (AvgIpc) is 2.73. The number of hydrogen-bond donors (Lipinski definition) is 2. The van der Waals surface area contributed by atoms with Gasteiger partial charge < -0.3 is 11.5 Å². The third kappa shape index (κ3) is 5.21. The van der Waals surface area contributed by atoms with E-state index in [0.29, 0.717) is 25.7 Å². The van der Waals surface area contributed by atoms with E-state index in [1.807, 2.05) is 0 Å². The number of amides is 2. The Balaban J connectivity index is 2.50. The van der Waals surface area contributed by atoms with E-state index in [0.717, 1.165) is 38.5 Å². The Labute approximate surface area is 186 Å². The van der Waals surface area contributed by atoms with Gasteiger partial charge in [0.25, 0.3) is 23.9 Å². The van der Waals surface area contributed by atoms with E-state index in [4.69, 9.17) is 11.5 Å². The minimum Gasteiger partial charge on any atom is -0.367 e. The lowest BCUT2D eigenvalue weighted by atomic mass is 9.75. The SMILES string of the molecule is CC(N=NC(C)(C(N)=O)C(C1CCCCC1)[N+](=O)[O-])(C(N)=O)C(C1CCCCC1)[N+](=O)[O-]. The highest BCUT2D eigenvalue weighted by Crippen LogP contribution is 2.38. The van der Waals surface area contributed by atoms with Crippen molar-refractivity contribution in [3.8, 4) is 0 Å². The van der Waals surface area contributed by atoms with Crippen molar-refractivity contribution < 1.29 is 19.4 Å². The highest BCUT2D eigenvalue weighted by molar-refractivity contribution is 5.86. The third-order valence-electron chi connectivity index (χ3n) is 7.26. The Hall–Kier alpha value is -2.66. The molecule has 4 N–H and O–H groups in total. The first-order chi connectivity index (χ1) is 14.9. The predicted octanol–water partition coefficient (Wildman–Crippen LogP) is 2.38. The molecular weight excluding hydrogens is 420 g/mol. The van der Waals surface area contributed by atoms with Gasteiger partial charge >= 0.3 is 0 Å². The summed E-state index contributed by atoms with van der Waals surface area (Å²) >= 11 is 0. The molecule has 0 aromatic carbocycles. The number of nitrogens with zero attached hydrogens (tertiary/aromatic N) is 4. The molecule has 0 spiro atoms. The van der Waals surface area contributed by atoms with Gasteiger partial charge in [-0.05, 0) is 39.5 Å². The first-order valence-corrected chi connectivity index (χ1v) is 11.3. The number of nitrogens with two attached hydrogens (primary N) is 2. The van der Waals surface area contributed by atoms with Crippen LogP contribution in [0.2, 0.25) is 0 Å². The summed E-state index contributed by atoms with van der Waals surface area (Å²) in [5.74, 6) is -3.04. The van der Waals surface area contributed by atoms with Crippen molar-refractivity contribution in [2.24, 2.45) is 33.5 Å². The highest BCUT2D eigenvalue weighted by Gasteiger charge is 2.57. The van der Waals surface area contributed by atoms with E-state index in [2.05, 4.69) is 10.2 Å². The number of primary amides is 2. The van der Waals surface area contributed by atoms with Gasteiger partial charge in [-0.25, -0.2) is 0 Å². The Morgan fingerprint density at radius 3 is 1.25 bits per heavy atom. The molecule has 4 unspecified atom stereocenters. The quantitative estimate of drug-likeness (QED) is 0.288. The third-order valence-corrected chi connectivity index (χ3v) is 7.26. The summed E-state index contributed by atoms with van der Waals surface area (Å²) in [6.45, 7) is 2.42. The maximum Gasteiger partial charge on any atom is 0.254 e. The molecule has 0 radical (unpaired) electrons. The molecule has 2 amide bonds. The van der Waals surface area contributed by atoms with Gasteiger partial charge in [0.1, 0.15) is 0 Å². The zero-order chi connectivity index (χ0) is 24.1. The zero-order valence-corrected chi connectivity index (χ0v) is 18.8. The zero-order valence-electron chi connectivity index (χ0n) is 18.8. The molecule has 2 saturated carbocycles. The molecular formula is C20H34N6O6. The minimum absolute atomic E-state index is 0.445. The molecule has 32 heavy (non-hydrogen) atoms. The summed E-state index contributed by atoms with van der Waals surface area (Å²) in [4.78, 5) is 47.7. The Bertz CT molecular complexity index is 702. The number of carbonyl (C=O) groups excluding carboxylic acids is 2. The van der Waals surface area contributed by atoms with Crippen LogP contribution in [0.1, 0.15) is 78.1 Å². The first kappa shape index (κ1) is 25.6. The molecule has 4 atom stereocenters. The van der Waals surface area contributed by atoms with E-state index in [9.17, 15) is 29.8 Å². The van der Waals surface area contributed by atoms with Crippen LogP contribution < -0.4 is 11.5 Å². The van der Waals surface area contributed by atoms with Gasteiger partial charge in [-0.2, -0.15) is 10.2 Å². The lowest BCUT2D eigenvalue weighted by molar-refractivity contribution is -0.542. The van der Waals surface area contributed by atoms with Crippen LogP contribution in [0.15, 0.2) is 10.2 Å². The Kier molecular flexibility index (Phi) is 8.24. The Morgan fingerprint density at radius 1 is 0.750 bits per heavy atom. The average molecular weight is 455 g/mol. The lowest BCUT2D eigenvalue weighted by Crippen LogP contribution is -2.58. The minimum atomic E-state index is -2.07. The monoisotopic (exact) mass is 454 g/mol. The number of carbonyl (C=O) groups is 2. The fraction of sp³-hybridized carbons (Fsp3) is 0.900. The standard InChI is InChI=1S/C20H34N6O6/c1-19(17(21)27,15(25(29)30)13-9-5-3-6-10-13)23-24-20(2,18(22)28)16(26(31)32)14-11-7-4-8-12-14/h13-16H,3-12H2,1-2H3,(H2,21,27)(H2,22,28). The number of azo groups is 1. The van der Waals surface area contributed by atoms with Crippen LogP contribution in [-0.2, 0) is 9.59 Å². The van der Waals surface area contributed by atoms with Crippen LogP contribution in [0.5, 0.6) is 0 Å². The molecule has 2 aliphatic carbocycles. The first-order valence-electron chi connectivity index (χ1n) is 11.3. The summed E-state index contributed by atoms with van der Waals surface area (Å²) in [6.07, 6.45) is 7.18. The fourth-order valence-electron chi connectivity index (χ4n) is 5.29. The van der Waals surface area contributed by atoms with E-state index in [-0.39, 0.29) is 0 Å². The van der Waals surface area contributed by atoms with Gasteiger partial charge in [0.05, 0.1) is 0 Å². The van der Waals surface area contributed by atoms with Crippen molar-refractivity contribution in [2.45, 2.75) is 101 Å². The molecule has 12 nitrogen and oxygen atoms in total. The molecule has 0 bridgehead atoms. The molecule has 0 saturated heterocycles. The Morgan fingerprint density at radius 2 is 1.03 bits per heavy atom.